The number of rotatable bonds is 1. The summed E-state index contributed by atoms with van der Waals surface area (Å²) < 4.78 is 0. The van der Waals surface area contributed by atoms with Crippen molar-refractivity contribution in [3.8, 4) is 0 Å². The molecule has 2 heteroatoms. The third-order valence-electron chi connectivity index (χ3n) is 2.01. The maximum atomic E-state index is 6.00. The predicted molar refractivity (Wildman–Crippen MR) is 55.3 cm³/mol. The Morgan fingerprint density at radius 3 is 2.17 bits per heavy atom. The molecule has 0 radical (unpaired) electrons. The Balaban J connectivity index is 3.33. The molecule has 1 aromatic rings. The van der Waals surface area contributed by atoms with Crippen LogP contribution in [0.3, 0.4) is 0 Å². The average molecular weight is 184 g/mol. The van der Waals surface area contributed by atoms with Gasteiger partial charge in [-0.1, -0.05) is 17.7 Å². The van der Waals surface area contributed by atoms with Crippen LogP contribution in [0.1, 0.15) is 11.1 Å². The van der Waals surface area contributed by atoms with Crippen molar-refractivity contribution in [2.24, 2.45) is 0 Å². The average Bonchev–Trinajstić information content (AvgIpc) is 1.97. The number of hydrogen-bond acceptors (Lipinski definition) is 1. The summed E-state index contributed by atoms with van der Waals surface area (Å²) in [6, 6.07) is 3.99. The standard InChI is InChI=1S/C10H14ClN/c1-7-5-6-9(11)8(2)10(7)12(3)4/h5-6H,1-4H3. The zero-order valence-electron chi connectivity index (χ0n) is 7.98. The second-order valence-corrected chi connectivity index (χ2v) is 3.64. The van der Waals surface area contributed by atoms with Gasteiger partial charge in [-0.25, -0.2) is 0 Å². The molecular formula is C10H14ClN. The number of nitrogens with zero attached hydrogens (tertiary/aromatic N) is 1. The Morgan fingerprint density at radius 2 is 1.75 bits per heavy atom. The van der Waals surface area contributed by atoms with Crippen molar-refractivity contribution in [2.45, 2.75) is 13.8 Å². The van der Waals surface area contributed by atoms with Crippen LogP contribution in [0.25, 0.3) is 0 Å². The summed E-state index contributed by atoms with van der Waals surface area (Å²) in [6.45, 7) is 4.14. The monoisotopic (exact) mass is 183 g/mol. The Hall–Kier alpha value is -0.690. The van der Waals surface area contributed by atoms with Gasteiger partial charge in [0.1, 0.15) is 0 Å². The first kappa shape index (κ1) is 9.40. The van der Waals surface area contributed by atoms with Gasteiger partial charge < -0.3 is 4.90 Å². The third-order valence-corrected chi connectivity index (χ3v) is 2.42. The highest BCUT2D eigenvalue weighted by Crippen LogP contribution is 2.28. The van der Waals surface area contributed by atoms with Crippen LogP contribution in [0.4, 0.5) is 5.69 Å². The van der Waals surface area contributed by atoms with E-state index in [1.165, 1.54) is 11.3 Å². The molecule has 0 aromatic heterocycles. The second-order valence-electron chi connectivity index (χ2n) is 3.23. The van der Waals surface area contributed by atoms with Crippen LogP contribution in [0.2, 0.25) is 5.02 Å². The van der Waals surface area contributed by atoms with E-state index in [-0.39, 0.29) is 0 Å². The molecule has 1 rings (SSSR count). The fourth-order valence-electron chi connectivity index (χ4n) is 1.50. The van der Waals surface area contributed by atoms with Gasteiger partial charge in [-0.15, -0.1) is 0 Å². The molecule has 0 spiro atoms. The number of halogens is 1. The van der Waals surface area contributed by atoms with Gasteiger partial charge in [-0.3, -0.25) is 0 Å². The first-order valence-corrected chi connectivity index (χ1v) is 4.35. The molecule has 1 aromatic carbocycles. The first-order chi connectivity index (χ1) is 5.54. The fourth-order valence-corrected chi connectivity index (χ4v) is 1.65. The summed E-state index contributed by atoms with van der Waals surface area (Å²) in [5, 5.41) is 0.837. The molecule has 0 bridgehead atoms. The lowest BCUT2D eigenvalue weighted by Gasteiger charge is -2.19. The lowest BCUT2D eigenvalue weighted by Crippen LogP contribution is -2.11. The van der Waals surface area contributed by atoms with Crippen molar-refractivity contribution in [1.82, 2.24) is 0 Å². The zero-order chi connectivity index (χ0) is 9.30. The topological polar surface area (TPSA) is 3.24 Å². The minimum Gasteiger partial charge on any atom is -0.377 e. The van der Waals surface area contributed by atoms with Crippen LogP contribution in [0, 0.1) is 13.8 Å². The zero-order valence-corrected chi connectivity index (χ0v) is 8.74. The highest BCUT2D eigenvalue weighted by atomic mass is 35.5. The van der Waals surface area contributed by atoms with Gasteiger partial charge in [-0.05, 0) is 31.0 Å². The van der Waals surface area contributed by atoms with Gasteiger partial charge >= 0.3 is 0 Å². The Morgan fingerprint density at radius 1 is 1.17 bits per heavy atom. The molecule has 66 valence electrons. The molecule has 0 heterocycles. The molecule has 0 aliphatic carbocycles. The first-order valence-electron chi connectivity index (χ1n) is 3.97. The summed E-state index contributed by atoms with van der Waals surface area (Å²) in [5.41, 5.74) is 3.64. The molecular weight excluding hydrogens is 170 g/mol. The van der Waals surface area contributed by atoms with Gasteiger partial charge in [0.2, 0.25) is 0 Å². The molecule has 0 saturated carbocycles. The molecule has 12 heavy (non-hydrogen) atoms. The van der Waals surface area contributed by atoms with E-state index in [0.717, 1.165) is 10.6 Å². The van der Waals surface area contributed by atoms with Gasteiger partial charge in [-0.2, -0.15) is 0 Å². The van der Waals surface area contributed by atoms with Gasteiger partial charge in [0, 0.05) is 24.8 Å². The molecule has 0 N–H and O–H groups in total. The van der Waals surface area contributed by atoms with E-state index in [1.807, 2.05) is 33.2 Å². The van der Waals surface area contributed by atoms with Crippen molar-refractivity contribution in [2.75, 3.05) is 19.0 Å². The minimum absolute atomic E-state index is 0.837. The van der Waals surface area contributed by atoms with Crippen LogP contribution >= 0.6 is 11.6 Å². The molecule has 0 amide bonds. The van der Waals surface area contributed by atoms with E-state index in [0.29, 0.717) is 0 Å². The number of anilines is 1. The van der Waals surface area contributed by atoms with Crippen molar-refractivity contribution < 1.29 is 0 Å². The van der Waals surface area contributed by atoms with Gasteiger partial charge in [0.15, 0.2) is 0 Å². The van der Waals surface area contributed by atoms with E-state index < -0.39 is 0 Å². The summed E-state index contributed by atoms with van der Waals surface area (Å²) in [4.78, 5) is 2.09. The second kappa shape index (κ2) is 3.36. The van der Waals surface area contributed by atoms with E-state index >= 15 is 0 Å². The van der Waals surface area contributed by atoms with Crippen LogP contribution < -0.4 is 4.90 Å². The van der Waals surface area contributed by atoms with Crippen LogP contribution in [0.5, 0.6) is 0 Å². The van der Waals surface area contributed by atoms with Crippen molar-refractivity contribution in [3.05, 3.63) is 28.3 Å². The molecule has 0 aliphatic rings. The number of hydrogen-bond donors (Lipinski definition) is 0. The lowest BCUT2D eigenvalue weighted by atomic mass is 10.1. The van der Waals surface area contributed by atoms with Crippen LogP contribution in [-0.4, -0.2) is 14.1 Å². The van der Waals surface area contributed by atoms with Crippen molar-refractivity contribution in [1.29, 1.82) is 0 Å². The predicted octanol–water partition coefficient (Wildman–Crippen LogP) is 3.02. The van der Waals surface area contributed by atoms with E-state index in [2.05, 4.69) is 11.8 Å². The molecule has 0 fully saturated rings. The molecule has 0 aliphatic heterocycles. The Bertz CT molecular complexity index is 292. The van der Waals surface area contributed by atoms with Gasteiger partial charge in [0.05, 0.1) is 0 Å². The van der Waals surface area contributed by atoms with Crippen molar-refractivity contribution in [3.63, 3.8) is 0 Å². The number of benzene rings is 1. The van der Waals surface area contributed by atoms with Crippen molar-refractivity contribution >= 4 is 17.3 Å². The molecule has 1 nitrogen and oxygen atoms in total. The maximum Gasteiger partial charge on any atom is 0.0456 e. The highest BCUT2D eigenvalue weighted by molar-refractivity contribution is 6.31. The minimum atomic E-state index is 0.837. The van der Waals surface area contributed by atoms with E-state index in [1.54, 1.807) is 0 Å². The summed E-state index contributed by atoms with van der Waals surface area (Å²) in [6.07, 6.45) is 0. The highest BCUT2D eigenvalue weighted by Gasteiger charge is 2.06. The van der Waals surface area contributed by atoms with Crippen LogP contribution in [0.15, 0.2) is 12.1 Å². The van der Waals surface area contributed by atoms with E-state index in [9.17, 15) is 0 Å². The number of aryl methyl sites for hydroxylation is 1. The summed E-state index contributed by atoms with van der Waals surface area (Å²) >= 11 is 6.00. The summed E-state index contributed by atoms with van der Waals surface area (Å²) in [7, 11) is 4.07. The SMILES string of the molecule is Cc1ccc(Cl)c(C)c1N(C)C. The molecule has 0 unspecified atom stereocenters. The lowest BCUT2D eigenvalue weighted by molar-refractivity contribution is 1.10. The molecule has 0 atom stereocenters. The summed E-state index contributed by atoms with van der Waals surface area (Å²) in [5.74, 6) is 0. The maximum absolute atomic E-state index is 6.00. The fraction of sp³-hybridized carbons (Fsp3) is 0.400. The smallest absolute Gasteiger partial charge is 0.0456 e. The normalized spacial score (nSPS) is 10.1. The Kier molecular flexibility index (Phi) is 2.63. The molecule has 0 saturated heterocycles. The quantitative estimate of drug-likeness (QED) is 0.647. The van der Waals surface area contributed by atoms with Crippen LogP contribution in [-0.2, 0) is 0 Å². The third kappa shape index (κ3) is 1.56. The van der Waals surface area contributed by atoms with E-state index in [4.69, 9.17) is 11.6 Å². The largest absolute Gasteiger partial charge is 0.377 e. The van der Waals surface area contributed by atoms with Gasteiger partial charge in [0.25, 0.3) is 0 Å². The Labute approximate surface area is 79.0 Å².